The van der Waals surface area contributed by atoms with Gasteiger partial charge in [0, 0.05) is 12.6 Å². The first kappa shape index (κ1) is 10.7. The molecule has 1 aromatic heterocycles. The van der Waals surface area contributed by atoms with Crippen molar-refractivity contribution in [2.24, 2.45) is 5.73 Å². The van der Waals surface area contributed by atoms with Crippen molar-refractivity contribution < 1.29 is 4.79 Å². The summed E-state index contributed by atoms with van der Waals surface area (Å²) >= 11 is 0. The molecule has 0 atom stereocenters. The van der Waals surface area contributed by atoms with Crippen LogP contribution in [0.25, 0.3) is 0 Å². The maximum absolute atomic E-state index is 11.2. The number of aromatic nitrogens is 1. The summed E-state index contributed by atoms with van der Waals surface area (Å²) in [5.74, 6) is 0.0288. The zero-order valence-corrected chi connectivity index (χ0v) is 8.07. The number of nitrogens with two attached hydrogens (primary N) is 1. The van der Waals surface area contributed by atoms with Gasteiger partial charge in [-0.2, -0.15) is 0 Å². The van der Waals surface area contributed by atoms with Gasteiger partial charge in [0.1, 0.15) is 0 Å². The molecule has 1 amide bonds. The number of nitrogens with one attached hydrogen (secondary N) is 1. The van der Waals surface area contributed by atoms with Crippen molar-refractivity contribution in [2.45, 2.75) is 19.4 Å². The number of hydrogen-bond acceptors (Lipinski definition) is 3. The second kappa shape index (κ2) is 6.10. The first-order chi connectivity index (χ1) is 6.83. The fourth-order valence-electron chi connectivity index (χ4n) is 1.04. The van der Waals surface area contributed by atoms with Gasteiger partial charge in [0.25, 0.3) is 0 Å². The smallest absolute Gasteiger partial charge is 0.220 e. The Labute approximate surface area is 83.5 Å². The van der Waals surface area contributed by atoms with Crippen LogP contribution in [-0.4, -0.2) is 17.4 Å². The van der Waals surface area contributed by atoms with Crippen LogP contribution in [-0.2, 0) is 11.3 Å². The van der Waals surface area contributed by atoms with Crippen molar-refractivity contribution >= 4 is 5.91 Å². The molecule has 0 saturated carbocycles. The second-order valence-corrected chi connectivity index (χ2v) is 2.99. The van der Waals surface area contributed by atoms with E-state index in [2.05, 4.69) is 10.3 Å². The molecule has 0 aliphatic carbocycles. The Morgan fingerprint density at radius 1 is 1.50 bits per heavy atom. The van der Waals surface area contributed by atoms with Gasteiger partial charge in [-0.05, 0) is 25.1 Å². The van der Waals surface area contributed by atoms with Crippen molar-refractivity contribution in [3.05, 3.63) is 30.1 Å². The minimum Gasteiger partial charge on any atom is -0.350 e. The largest absolute Gasteiger partial charge is 0.350 e. The summed E-state index contributed by atoms with van der Waals surface area (Å²) in [7, 11) is 0. The summed E-state index contributed by atoms with van der Waals surface area (Å²) < 4.78 is 0. The molecule has 3 N–H and O–H groups in total. The first-order valence-corrected chi connectivity index (χ1v) is 4.69. The molecule has 0 radical (unpaired) electrons. The van der Waals surface area contributed by atoms with Gasteiger partial charge in [-0.3, -0.25) is 9.78 Å². The number of pyridine rings is 1. The van der Waals surface area contributed by atoms with Gasteiger partial charge in [0.2, 0.25) is 5.91 Å². The molecule has 0 aliphatic rings. The molecule has 0 aromatic carbocycles. The van der Waals surface area contributed by atoms with Crippen LogP contribution < -0.4 is 11.1 Å². The summed E-state index contributed by atoms with van der Waals surface area (Å²) in [5, 5.41) is 2.78. The number of rotatable bonds is 5. The molecule has 0 fully saturated rings. The van der Waals surface area contributed by atoms with Crippen molar-refractivity contribution in [3.8, 4) is 0 Å². The minimum atomic E-state index is 0.0288. The lowest BCUT2D eigenvalue weighted by atomic mass is 10.3. The molecule has 1 heterocycles. The highest BCUT2D eigenvalue weighted by Gasteiger charge is 1.99. The Morgan fingerprint density at radius 2 is 2.36 bits per heavy atom. The molecule has 14 heavy (non-hydrogen) atoms. The normalized spacial score (nSPS) is 9.79. The van der Waals surface area contributed by atoms with E-state index in [-0.39, 0.29) is 5.91 Å². The predicted molar refractivity (Wildman–Crippen MR) is 54.4 cm³/mol. The summed E-state index contributed by atoms with van der Waals surface area (Å²) in [6.07, 6.45) is 2.93. The highest BCUT2D eigenvalue weighted by molar-refractivity contribution is 5.75. The van der Waals surface area contributed by atoms with E-state index in [1.54, 1.807) is 6.20 Å². The van der Waals surface area contributed by atoms with Crippen LogP contribution in [0.15, 0.2) is 24.4 Å². The third-order valence-corrected chi connectivity index (χ3v) is 1.80. The lowest BCUT2D eigenvalue weighted by molar-refractivity contribution is -0.121. The van der Waals surface area contributed by atoms with Crippen LogP contribution in [0.3, 0.4) is 0 Å². The van der Waals surface area contributed by atoms with E-state index in [1.165, 1.54) is 0 Å². The van der Waals surface area contributed by atoms with Gasteiger partial charge in [-0.15, -0.1) is 0 Å². The summed E-state index contributed by atoms with van der Waals surface area (Å²) in [6.45, 7) is 1.04. The zero-order valence-electron chi connectivity index (χ0n) is 8.07. The van der Waals surface area contributed by atoms with E-state index in [4.69, 9.17) is 5.73 Å². The number of amides is 1. The van der Waals surface area contributed by atoms with Crippen LogP contribution in [0.5, 0.6) is 0 Å². The fraction of sp³-hybridized carbons (Fsp3) is 0.400. The summed E-state index contributed by atoms with van der Waals surface area (Å²) in [4.78, 5) is 15.3. The molecule has 0 unspecified atom stereocenters. The monoisotopic (exact) mass is 193 g/mol. The molecular weight excluding hydrogens is 178 g/mol. The molecule has 0 bridgehead atoms. The van der Waals surface area contributed by atoms with Crippen molar-refractivity contribution in [2.75, 3.05) is 6.54 Å². The molecule has 4 heteroatoms. The van der Waals surface area contributed by atoms with Crippen LogP contribution in [0, 0.1) is 0 Å². The maximum atomic E-state index is 11.2. The molecule has 76 valence electrons. The standard InChI is InChI=1S/C10H15N3O/c11-6-3-5-10(14)13-8-9-4-1-2-7-12-9/h1-2,4,7H,3,5-6,8,11H2,(H,13,14). The highest BCUT2D eigenvalue weighted by atomic mass is 16.1. The fourth-order valence-corrected chi connectivity index (χ4v) is 1.04. The lowest BCUT2D eigenvalue weighted by Crippen LogP contribution is -2.23. The number of nitrogens with zero attached hydrogens (tertiary/aromatic N) is 1. The molecule has 4 nitrogen and oxygen atoms in total. The second-order valence-electron chi connectivity index (χ2n) is 2.99. The lowest BCUT2D eigenvalue weighted by Gasteiger charge is -2.03. The van der Waals surface area contributed by atoms with Crippen LogP contribution in [0.2, 0.25) is 0 Å². The summed E-state index contributed by atoms with van der Waals surface area (Å²) in [6, 6.07) is 5.62. The van der Waals surface area contributed by atoms with E-state index in [1.807, 2.05) is 18.2 Å². The van der Waals surface area contributed by atoms with E-state index < -0.39 is 0 Å². The third kappa shape index (κ3) is 4.00. The Kier molecular flexibility index (Phi) is 4.64. The molecule has 0 spiro atoms. The third-order valence-electron chi connectivity index (χ3n) is 1.80. The zero-order chi connectivity index (χ0) is 10.2. The molecular formula is C10H15N3O. The van der Waals surface area contributed by atoms with E-state index in [9.17, 15) is 4.79 Å². The Bertz CT molecular complexity index is 274. The molecule has 1 rings (SSSR count). The molecule has 0 saturated heterocycles. The van der Waals surface area contributed by atoms with Crippen molar-refractivity contribution in [1.29, 1.82) is 0 Å². The van der Waals surface area contributed by atoms with Crippen molar-refractivity contribution in [1.82, 2.24) is 10.3 Å². The minimum absolute atomic E-state index is 0.0288. The van der Waals surface area contributed by atoms with Crippen molar-refractivity contribution in [3.63, 3.8) is 0 Å². The van der Waals surface area contributed by atoms with Gasteiger partial charge >= 0.3 is 0 Å². The molecule has 0 aliphatic heterocycles. The van der Waals surface area contributed by atoms with Gasteiger partial charge in [-0.1, -0.05) is 6.07 Å². The Balaban J connectivity index is 2.24. The van der Waals surface area contributed by atoms with Gasteiger partial charge in [0.15, 0.2) is 0 Å². The van der Waals surface area contributed by atoms with Crippen LogP contribution in [0.1, 0.15) is 18.5 Å². The average Bonchev–Trinajstić information content (AvgIpc) is 2.25. The van der Waals surface area contributed by atoms with Gasteiger partial charge < -0.3 is 11.1 Å². The van der Waals surface area contributed by atoms with Gasteiger partial charge in [-0.25, -0.2) is 0 Å². The number of carbonyl (C=O) groups excluding carboxylic acids is 1. The average molecular weight is 193 g/mol. The molecule has 1 aromatic rings. The quantitative estimate of drug-likeness (QED) is 0.712. The van der Waals surface area contributed by atoms with E-state index in [0.717, 1.165) is 12.1 Å². The van der Waals surface area contributed by atoms with Crippen LogP contribution >= 0.6 is 0 Å². The van der Waals surface area contributed by atoms with Gasteiger partial charge in [0.05, 0.1) is 12.2 Å². The Morgan fingerprint density at radius 3 is 3.00 bits per heavy atom. The first-order valence-electron chi connectivity index (χ1n) is 4.69. The maximum Gasteiger partial charge on any atom is 0.220 e. The Hall–Kier alpha value is -1.42. The summed E-state index contributed by atoms with van der Waals surface area (Å²) in [5.41, 5.74) is 6.16. The van der Waals surface area contributed by atoms with E-state index in [0.29, 0.717) is 19.5 Å². The topological polar surface area (TPSA) is 68.0 Å². The highest BCUT2D eigenvalue weighted by Crippen LogP contribution is 1.93. The number of carbonyl (C=O) groups is 1. The number of hydrogen-bond donors (Lipinski definition) is 2. The predicted octanol–water partition coefficient (Wildman–Crippen LogP) is 0.437. The van der Waals surface area contributed by atoms with E-state index >= 15 is 0 Å². The van der Waals surface area contributed by atoms with Crippen LogP contribution in [0.4, 0.5) is 0 Å². The SMILES string of the molecule is NCCCC(=O)NCc1ccccn1.